The average Bonchev–Trinajstić information content (AvgIpc) is 3.88. The summed E-state index contributed by atoms with van der Waals surface area (Å²) < 4.78 is 5.42. The van der Waals surface area contributed by atoms with Crippen LogP contribution in [0.15, 0.2) is 72.8 Å². The molecule has 0 bridgehead atoms. The summed E-state index contributed by atoms with van der Waals surface area (Å²) in [6.07, 6.45) is 0.468. The largest absolute Gasteiger partial charge is 0.477 e. The fraction of sp³-hybridized carbons (Fsp3) is 0.105. The summed E-state index contributed by atoms with van der Waals surface area (Å²) in [4.78, 5) is 60.4. The van der Waals surface area contributed by atoms with E-state index in [0.717, 1.165) is 16.0 Å². The lowest BCUT2D eigenvalue weighted by Gasteiger charge is -2.14. The Morgan fingerprint density at radius 1 is 0.698 bits per heavy atom. The number of carboxylic acids is 1. The maximum Gasteiger partial charge on any atom is 0.346 e. The summed E-state index contributed by atoms with van der Waals surface area (Å²) >= 11 is 15.9. The van der Waals surface area contributed by atoms with E-state index in [1.54, 1.807) is 54.6 Å². The number of hydrogen-bond donors (Lipinski definition) is 3. The van der Waals surface area contributed by atoms with Crippen LogP contribution in [0.4, 0.5) is 0 Å². The van der Waals surface area contributed by atoms with Crippen LogP contribution in [0.3, 0.4) is 0 Å². The molecular formula is C38H26Cl2N6O5S2. The summed E-state index contributed by atoms with van der Waals surface area (Å²) in [6.45, 7) is 2.21. The first-order chi connectivity index (χ1) is 25.4. The molecule has 2 amide bonds. The second-order valence-electron chi connectivity index (χ2n) is 12.4. The number of thiophene rings is 2. The van der Waals surface area contributed by atoms with Crippen molar-refractivity contribution in [2.75, 3.05) is 0 Å². The lowest BCUT2D eigenvalue weighted by Crippen LogP contribution is -2.11. The number of carbonyl (C=O) groups excluding carboxylic acids is 3. The van der Waals surface area contributed by atoms with Crippen molar-refractivity contribution in [3.8, 4) is 22.8 Å². The van der Waals surface area contributed by atoms with Gasteiger partial charge in [0.05, 0.1) is 42.6 Å². The number of imidazole rings is 2. The third-order valence-corrected chi connectivity index (χ3v) is 12.1. The molecular weight excluding hydrogens is 755 g/mol. The number of hydrogen-bond acceptors (Lipinski definition) is 8. The van der Waals surface area contributed by atoms with Crippen molar-refractivity contribution in [1.82, 2.24) is 19.1 Å². The van der Waals surface area contributed by atoms with Gasteiger partial charge in [-0.2, -0.15) is 0 Å². The molecule has 15 heteroatoms. The molecule has 53 heavy (non-hydrogen) atoms. The van der Waals surface area contributed by atoms with Crippen LogP contribution in [0.2, 0.25) is 10.0 Å². The van der Waals surface area contributed by atoms with Gasteiger partial charge in [-0.1, -0.05) is 35.3 Å². The highest BCUT2D eigenvalue weighted by Gasteiger charge is 2.28. The first kappa shape index (κ1) is 34.5. The van der Waals surface area contributed by atoms with E-state index in [9.17, 15) is 24.3 Å². The van der Waals surface area contributed by atoms with E-state index in [-0.39, 0.29) is 21.8 Å². The van der Waals surface area contributed by atoms with Gasteiger partial charge in [0.1, 0.15) is 16.5 Å². The minimum atomic E-state index is -1.12. The van der Waals surface area contributed by atoms with Gasteiger partial charge in [-0.25, -0.2) is 14.8 Å². The van der Waals surface area contributed by atoms with E-state index in [1.807, 2.05) is 27.3 Å². The van der Waals surface area contributed by atoms with Crippen molar-refractivity contribution >= 4 is 112 Å². The summed E-state index contributed by atoms with van der Waals surface area (Å²) in [5, 5.41) is 12.4. The summed E-state index contributed by atoms with van der Waals surface area (Å²) in [5.74, 6) is -1.62. The third kappa shape index (κ3) is 5.73. The molecule has 8 rings (SSSR count). The first-order valence-electron chi connectivity index (χ1n) is 16.2. The topological polar surface area (TPSA) is 176 Å². The number of nitrogens with two attached hydrogens (primary N) is 2. The van der Waals surface area contributed by atoms with Gasteiger partial charge in [0, 0.05) is 50.0 Å². The average molecular weight is 782 g/mol. The zero-order valence-corrected chi connectivity index (χ0v) is 30.8. The normalized spacial score (nSPS) is 11.7. The number of nitrogens with zero attached hydrogens (tertiary/aromatic N) is 4. The molecule has 0 spiro atoms. The molecule has 8 aromatic rings. The van der Waals surface area contributed by atoms with Crippen LogP contribution in [-0.2, 0) is 13.1 Å². The van der Waals surface area contributed by atoms with Crippen molar-refractivity contribution in [3.63, 3.8) is 0 Å². The molecule has 264 valence electrons. The SMILES string of the molecule is CC(=O)c1sc2cccc(Cl)c2c1-c1nc2cc(C(N)=O)ccc2n1CCCn1c(-c2c(C(=O)O)sc3cccc(Cl)c23)nc2cc(C(N)=O)ccc21. The number of carbonyl (C=O) groups is 4. The van der Waals surface area contributed by atoms with Crippen molar-refractivity contribution in [1.29, 1.82) is 0 Å². The minimum Gasteiger partial charge on any atom is -0.477 e. The Labute approximate surface area is 318 Å². The number of halogens is 2. The molecule has 0 aliphatic rings. The van der Waals surface area contributed by atoms with Gasteiger partial charge in [0.25, 0.3) is 0 Å². The molecule has 0 unspecified atom stereocenters. The molecule has 0 atom stereocenters. The van der Waals surface area contributed by atoms with Crippen molar-refractivity contribution < 1.29 is 24.3 Å². The quantitative estimate of drug-likeness (QED) is 0.116. The lowest BCUT2D eigenvalue weighted by atomic mass is 10.1. The van der Waals surface area contributed by atoms with Gasteiger partial charge in [-0.05, 0) is 74.0 Å². The first-order valence-corrected chi connectivity index (χ1v) is 18.6. The van der Waals surface area contributed by atoms with Gasteiger partial charge in [0.2, 0.25) is 11.8 Å². The number of ketones is 1. The number of carboxylic acid groups (broad SMARTS) is 1. The summed E-state index contributed by atoms with van der Waals surface area (Å²) in [7, 11) is 0. The number of benzene rings is 4. The summed E-state index contributed by atoms with van der Waals surface area (Å²) in [6, 6.07) is 20.7. The van der Waals surface area contributed by atoms with Crippen LogP contribution < -0.4 is 11.5 Å². The van der Waals surface area contributed by atoms with Crippen LogP contribution in [0.5, 0.6) is 0 Å². The highest BCUT2D eigenvalue weighted by atomic mass is 35.5. The Bertz CT molecular complexity index is 2690. The standard InChI is InChI=1S/C38H26Cl2N6O5S2/c1-17(47)32-30(28-20(39)5-2-7-26(28)52-32)36-43-22-15-18(34(41)48)9-11-24(22)45(36)13-4-14-46-25-12-10-19(35(42)49)16-23(25)44-37(46)31-29-21(40)6-3-8-27(29)53-33(31)38(50)51/h2-3,5-12,15-16H,4,13-14H2,1H3,(H2,41,48)(H2,42,49)(H,50,51). The van der Waals surface area contributed by atoms with Crippen LogP contribution in [-0.4, -0.2) is 47.8 Å². The predicted octanol–water partition coefficient (Wildman–Crippen LogP) is 8.65. The molecule has 0 radical (unpaired) electrons. The van der Waals surface area contributed by atoms with Crippen molar-refractivity contribution in [3.05, 3.63) is 104 Å². The number of aryl methyl sites for hydroxylation is 2. The number of Topliss-reactive ketones (excluding diaryl/α,β-unsaturated/α-hetero) is 1. The number of amides is 2. The number of fused-ring (bicyclic) bond motifs is 4. The number of primary amides is 2. The minimum absolute atomic E-state index is 0.0749. The van der Waals surface area contributed by atoms with Crippen LogP contribution in [0, 0.1) is 0 Å². The second-order valence-corrected chi connectivity index (χ2v) is 15.3. The molecule has 4 heterocycles. The number of aromatic carboxylic acids is 1. The Kier molecular flexibility index (Phi) is 8.53. The van der Waals surface area contributed by atoms with E-state index in [0.29, 0.717) is 94.7 Å². The Morgan fingerprint density at radius 2 is 1.15 bits per heavy atom. The number of rotatable bonds is 10. The second kappa shape index (κ2) is 13.1. The molecule has 0 saturated carbocycles. The molecule has 0 saturated heterocycles. The van der Waals surface area contributed by atoms with Crippen LogP contribution >= 0.6 is 45.9 Å². The maximum absolute atomic E-state index is 13.1. The molecule has 0 aliphatic heterocycles. The molecule has 4 aromatic heterocycles. The Morgan fingerprint density at radius 3 is 1.58 bits per heavy atom. The van der Waals surface area contributed by atoms with Crippen molar-refractivity contribution in [2.45, 2.75) is 26.4 Å². The van der Waals surface area contributed by atoms with E-state index in [2.05, 4.69) is 0 Å². The van der Waals surface area contributed by atoms with E-state index < -0.39 is 17.8 Å². The van der Waals surface area contributed by atoms with Crippen molar-refractivity contribution in [2.24, 2.45) is 11.5 Å². The van der Waals surface area contributed by atoms with E-state index in [1.165, 1.54) is 18.3 Å². The van der Waals surface area contributed by atoms with E-state index >= 15 is 0 Å². The predicted molar refractivity (Wildman–Crippen MR) is 210 cm³/mol. The van der Waals surface area contributed by atoms with E-state index in [4.69, 9.17) is 44.6 Å². The highest BCUT2D eigenvalue weighted by Crippen LogP contribution is 2.45. The zero-order valence-electron chi connectivity index (χ0n) is 27.6. The number of aromatic nitrogens is 4. The summed E-state index contributed by atoms with van der Waals surface area (Å²) in [5.41, 5.74) is 15.1. The van der Waals surface area contributed by atoms with Gasteiger partial charge >= 0.3 is 5.97 Å². The third-order valence-electron chi connectivity index (χ3n) is 9.12. The van der Waals surface area contributed by atoms with Gasteiger partial charge in [-0.15, -0.1) is 22.7 Å². The zero-order chi connectivity index (χ0) is 37.3. The van der Waals surface area contributed by atoms with Crippen LogP contribution in [0.1, 0.15) is 53.4 Å². The molecule has 11 nitrogen and oxygen atoms in total. The fourth-order valence-electron chi connectivity index (χ4n) is 6.83. The Balaban J connectivity index is 1.30. The lowest BCUT2D eigenvalue weighted by molar-refractivity contribution is 0.0702. The highest BCUT2D eigenvalue weighted by molar-refractivity contribution is 7.22. The molecule has 5 N–H and O–H groups in total. The van der Waals surface area contributed by atoms with Gasteiger partial charge < -0.3 is 25.7 Å². The van der Waals surface area contributed by atoms with Gasteiger partial charge in [0.15, 0.2) is 5.78 Å². The maximum atomic E-state index is 13.1. The Hall–Kier alpha value is -5.60. The molecule has 0 fully saturated rings. The fourth-order valence-corrected chi connectivity index (χ4v) is 9.66. The van der Waals surface area contributed by atoms with Gasteiger partial charge in [-0.3, -0.25) is 14.4 Å². The molecule has 4 aromatic carbocycles. The molecule has 0 aliphatic carbocycles. The smallest absolute Gasteiger partial charge is 0.346 e. The monoisotopic (exact) mass is 780 g/mol. The van der Waals surface area contributed by atoms with Crippen LogP contribution in [0.25, 0.3) is 65.0 Å².